The summed E-state index contributed by atoms with van der Waals surface area (Å²) in [6.07, 6.45) is 3.70. The van der Waals surface area contributed by atoms with E-state index in [1.807, 2.05) is 30.5 Å². The summed E-state index contributed by atoms with van der Waals surface area (Å²) >= 11 is 0. The summed E-state index contributed by atoms with van der Waals surface area (Å²) in [5.41, 5.74) is 18.4. The Labute approximate surface area is 433 Å². The fourth-order valence-corrected chi connectivity index (χ4v) is 9.71. The van der Waals surface area contributed by atoms with Crippen molar-refractivity contribution in [3.63, 3.8) is 0 Å². The van der Waals surface area contributed by atoms with E-state index in [0.717, 1.165) is 89.2 Å². The van der Waals surface area contributed by atoms with Crippen LogP contribution in [0.25, 0.3) is 94.7 Å². The van der Waals surface area contributed by atoms with Crippen LogP contribution in [-0.2, 0) is 37.3 Å². The average molecular weight is 1110 g/mol. The van der Waals surface area contributed by atoms with E-state index in [1.54, 1.807) is 6.07 Å². The fraction of sp³-hybridized carbons (Fsp3) is 0.200. The molecule has 0 saturated heterocycles. The van der Waals surface area contributed by atoms with Crippen molar-refractivity contribution in [1.82, 2.24) is 19.1 Å². The third kappa shape index (κ3) is 9.02. The zero-order valence-electron chi connectivity index (χ0n) is 42.5. The molecule has 0 radical (unpaired) electrons. The first-order chi connectivity index (χ1) is 33.3. The number of fused-ring (bicyclic) bond motifs is 4. The Bertz CT molecular complexity index is 3650. The number of nitrogens with zero attached hydrogens (tertiary/aromatic N) is 4. The molecule has 6 heteroatoms. The molecule has 0 aliphatic heterocycles. The normalized spacial score (nSPS) is 12.1. The number of rotatable bonds is 8. The number of hydrogen-bond acceptors (Lipinski definition) is 3. The molecule has 0 atom stereocenters. The van der Waals surface area contributed by atoms with Crippen LogP contribution >= 0.6 is 0 Å². The van der Waals surface area contributed by atoms with Crippen molar-refractivity contribution < 1.29 is 26.2 Å². The fourth-order valence-electron chi connectivity index (χ4n) is 9.71. The SMILES string of the molecule is C=CC(=C)c1cc(-c2ccnc(-c3[c-]c(-c4cc(C(C)(C)C)cc5c4nc(-c4ccccc4O)n5-c4cc(C(C)(C)C)cc(C(C)(C)C)c4)cc(-n4c5ccccc5c5ccccc54)c3)c2)ccc1C.[Pt]. The van der Waals surface area contributed by atoms with E-state index in [4.69, 9.17) is 9.97 Å². The molecule has 7 aromatic carbocycles. The average Bonchev–Trinajstić information content (AvgIpc) is 3.89. The van der Waals surface area contributed by atoms with Crippen molar-refractivity contribution in [3.8, 4) is 62.0 Å². The number of allylic oxidation sites excluding steroid dienone is 2. The minimum atomic E-state index is -0.246. The predicted octanol–water partition coefficient (Wildman–Crippen LogP) is 17.1. The van der Waals surface area contributed by atoms with E-state index < -0.39 is 0 Å². The maximum absolute atomic E-state index is 11.7. The molecule has 0 bridgehead atoms. The monoisotopic (exact) mass is 1110 g/mol. The molecule has 1 N–H and O–H groups in total. The van der Waals surface area contributed by atoms with E-state index in [2.05, 4.69) is 219 Å². The van der Waals surface area contributed by atoms with Gasteiger partial charge in [0.05, 0.1) is 27.6 Å². The number of phenols is 1. The Morgan fingerprint density at radius 3 is 1.76 bits per heavy atom. The molecule has 0 amide bonds. The first-order valence-corrected chi connectivity index (χ1v) is 24.3. The summed E-state index contributed by atoms with van der Waals surface area (Å²) < 4.78 is 4.64. The Kier molecular flexibility index (Phi) is 12.6. The summed E-state index contributed by atoms with van der Waals surface area (Å²) in [6.45, 7) is 30.8. The molecule has 0 spiro atoms. The topological polar surface area (TPSA) is 55.9 Å². The minimum Gasteiger partial charge on any atom is -0.507 e. The Balaban J connectivity index is 0.00000624. The zero-order valence-corrected chi connectivity index (χ0v) is 44.7. The molecule has 358 valence electrons. The molecule has 5 nitrogen and oxygen atoms in total. The van der Waals surface area contributed by atoms with Crippen LogP contribution in [0.3, 0.4) is 0 Å². The molecule has 0 fully saturated rings. The van der Waals surface area contributed by atoms with Gasteiger partial charge in [0.2, 0.25) is 0 Å². The summed E-state index contributed by atoms with van der Waals surface area (Å²) in [4.78, 5) is 10.7. The molecule has 10 aromatic rings. The third-order valence-electron chi connectivity index (χ3n) is 13.9. The second-order valence-electron chi connectivity index (χ2n) is 21.9. The molecule has 10 rings (SSSR count). The van der Waals surface area contributed by atoms with Crippen molar-refractivity contribution in [2.75, 3.05) is 0 Å². The number of aromatic hydroxyl groups is 1. The molecule has 3 heterocycles. The molecule has 3 aromatic heterocycles. The van der Waals surface area contributed by atoms with Crippen LogP contribution in [-0.4, -0.2) is 24.2 Å². The Morgan fingerprint density at radius 2 is 1.14 bits per heavy atom. The van der Waals surface area contributed by atoms with Crippen molar-refractivity contribution >= 4 is 38.4 Å². The van der Waals surface area contributed by atoms with Crippen molar-refractivity contribution in [1.29, 1.82) is 0 Å². The van der Waals surface area contributed by atoms with E-state index >= 15 is 0 Å². The standard InChI is InChI=1S/C65H61N4O.Pt/c1-13-40(2)54-33-42(27-26-41(54)3)43-28-29-66-56(34-43)45-30-44(31-49(32-45)68-57-23-17-14-20-51(57)52-21-15-18-24-58(52)68)55-38-48(65(10,11)12)39-59-61(55)67-62(53-22-16-19-25-60(53)70)69(59)50-36-46(63(4,5)6)35-47(37-50)64(7,8)9;/h13-29,31-39,70H,1-2H2,3-12H3;/q-1;. The Hall–Kier alpha value is -7.07. The van der Waals surface area contributed by atoms with Gasteiger partial charge in [-0.05, 0) is 128 Å². The van der Waals surface area contributed by atoms with Crippen LogP contribution in [0.15, 0.2) is 171 Å². The van der Waals surface area contributed by atoms with Gasteiger partial charge in [0.15, 0.2) is 0 Å². The molecular weight excluding hydrogens is 1050 g/mol. The van der Waals surface area contributed by atoms with Gasteiger partial charge in [-0.3, -0.25) is 9.55 Å². The summed E-state index contributed by atoms with van der Waals surface area (Å²) in [7, 11) is 0. The number of aryl methyl sites for hydroxylation is 1. The number of hydrogen-bond donors (Lipinski definition) is 1. The largest absolute Gasteiger partial charge is 0.507 e. The summed E-state index contributed by atoms with van der Waals surface area (Å²) in [5, 5.41) is 14.0. The minimum absolute atomic E-state index is 0. The second kappa shape index (κ2) is 18.3. The van der Waals surface area contributed by atoms with Crippen LogP contribution < -0.4 is 0 Å². The van der Waals surface area contributed by atoms with Gasteiger partial charge in [0.25, 0.3) is 0 Å². The van der Waals surface area contributed by atoms with Crippen LogP contribution in [0, 0.1) is 13.0 Å². The smallest absolute Gasteiger partial charge is 0.148 e. The van der Waals surface area contributed by atoms with Crippen LogP contribution in [0.4, 0.5) is 0 Å². The number of phenolic OH excluding ortho intramolecular Hbond substituents is 1. The van der Waals surface area contributed by atoms with E-state index in [0.29, 0.717) is 11.4 Å². The molecule has 0 aliphatic carbocycles. The zero-order chi connectivity index (χ0) is 49.4. The van der Waals surface area contributed by atoms with Crippen molar-refractivity contribution in [2.24, 2.45) is 0 Å². The van der Waals surface area contributed by atoms with Gasteiger partial charge in [-0.15, -0.1) is 23.8 Å². The first kappa shape index (κ1) is 48.9. The van der Waals surface area contributed by atoms with Crippen LogP contribution in [0.2, 0.25) is 0 Å². The predicted molar refractivity (Wildman–Crippen MR) is 296 cm³/mol. The molecule has 0 saturated carbocycles. The van der Waals surface area contributed by atoms with Gasteiger partial charge in [0, 0.05) is 49.4 Å². The number of benzene rings is 7. The number of aromatic nitrogens is 4. The van der Waals surface area contributed by atoms with Crippen molar-refractivity contribution in [2.45, 2.75) is 85.5 Å². The number of pyridine rings is 1. The number of imidazole rings is 1. The maximum atomic E-state index is 11.7. The van der Waals surface area contributed by atoms with Gasteiger partial charge < -0.3 is 9.67 Å². The quantitative estimate of drug-likeness (QED) is 0.122. The van der Waals surface area contributed by atoms with E-state index in [9.17, 15) is 5.11 Å². The molecule has 0 aliphatic rings. The van der Waals surface area contributed by atoms with E-state index in [-0.39, 0.29) is 43.1 Å². The maximum Gasteiger partial charge on any atom is 0.148 e. The van der Waals surface area contributed by atoms with Crippen molar-refractivity contribution in [3.05, 3.63) is 205 Å². The first-order valence-electron chi connectivity index (χ1n) is 24.3. The van der Waals surface area contributed by atoms with Gasteiger partial charge in [-0.1, -0.05) is 172 Å². The molecular formula is C65H61N4OPt-. The van der Waals surface area contributed by atoms with Gasteiger partial charge in [-0.2, -0.15) is 0 Å². The third-order valence-corrected chi connectivity index (χ3v) is 13.9. The van der Waals surface area contributed by atoms with Gasteiger partial charge in [-0.25, -0.2) is 4.98 Å². The van der Waals surface area contributed by atoms with Crippen LogP contribution in [0.5, 0.6) is 5.75 Å². The van der Waals surface area contributed by atoms with E-state index in [1.165, 1.54) is 21.9 Å². The molecule has 71 heavy (non-hydrogen) atoms. The summed E-state index contributed by atoms with van der Waals surface area (Å²) in [5.74, 6) is 0.832. The summed E-state index contributed by atoms with van der Waals surface area (Å²) in [6, 6.07) is 55.5. The second-order valence-corrected chi connectivity index (χ2v) is 21.9. The van der Waals surface area contributed by atoms with Crippen LogP contribution in [0.1, 0.15) is 90.1 Å². The van der Waals surface area contributed by atoms with Gasteiger partial charge >= 0.3 is 0 Å². The van der Waals surface area contributed by atoms with Gasteiger partial charge in [0.1, 0.15) is 11.6 Å². The number of para-hydroxylation sites is 3. The molecule has 0 unspecified atom stereocenters. The Morgan fingerprint density at radius 1 is 0.577 bits per heavy atom.